The van der Waals surface area contributed by atoms with Crippen LogP contribution in [0.2, 0.25) is 0 Å². The van der Waals surface area contributed by atoms with Crippen LogP contribution in [-0.4, -0.2) is 100 Å². The smallest absolute Gasteiger partial charge is 0.260 e. The summed E-state index contributed by atoms with van der Waals surface area (Å²) in [6.45, 7) is 3.30. The molecule has 11 nitrogen and oxygen atoms in total. The predicted octanol–water partition coefficient (Wildman–Crippen LogP) is 0.841. The summed E-state index contributed by atoms with van der Waals surface area (Å²) < 4.78 is 12.5. The summed E-state index contributed by atoms with van der Waals surface area (Å²) in [4.78, 5) is 31.4. The zero-order chi connectivity index (χ0) is 23.7. The maximum Gasteiger partial charge on any atom is 0.260 e. The molecule has 0 radical (unpaired) electrons. The first-order chi connectivity index (χ1) is 16.5. The van der Waals surface area contributed by atoms with Crippen LogP contribution in [0.15, 0.2) is 35.0 Å². The molecule has 178 valence electrons. The lowest BCUT2D eigenvalue weighted by Gasteiger charge is -2.31. The maximum atomic E-state index is 13.3. The van der Waals surface area contributed by atoms with E-state index < -0.39 is 0 Å². The molecule has 1 aromatic carbocycles. The molecule has 34 heavy (non-hydrogen) atoms. The maximum absolute atomic E-state index is 13.3. The third-order valence-electron chi connectivity index (χ3n) is 5.97. The van der Waals surface area contributed by atoms with Crippen LogP contribution in [-0.2, 0) is 22.5 Å². The number of ether oxygens (including phenoxy) is 1. The standard InChI is InChI=1S/C23H27N7O4/c1-27(2)13-17-14-30(26-24-17)18-5-3-4-16(12-18)22-21-19(34-25-22)6-7-29(23(21)32)15-20(31)28-8-10-33-11-9-28/h3-5,12,14H,6-11,13,15H2,1-2H3. The van der Waals surface area contributed by atoms with Gasteiger partial charge in [-0.1, -0.05) is 22.5 Å². The molecule has 4 heterocycles. The van der Waals surface area contributed by atoms with E-state index in [1.807, 2.05) is 49.5 Å². The molecule has 0 N–H and O–H groups in total. The van der Waals surface area contributed by atoms with Crippen molar-refractivity contribution < 1.29 is 18.8 Å². The summed E-state index contributed by atoms with van der Waals surface area (Å²) in [6, 6.07) is 7.58. The van der Waals surface area contributed by atoms with Crippen molar-refractivity contribution in [2.75, 3.05) is 53.5 Å². The quantitative estimate of drug-likeness (QED) is 0.527. The molecule has 5 rings (SSSR count). The van der Waals surface area contributed by atoms with Crippen LogP contribution in [0.5, 0.6) is 0 Å². The summed E-state index contributed by atoms with van der Waals surface area (Å²) >= 11 is 0. The molecule has 1 fully saturated rings. The average molecular weight is 466 g/mol. The van der Waals surface area contributed by atoms with Crippen molar-refractivity contribution in [3.8, 4) is 16.9 Å². The molecule has 0 unspecified atom stereocenters. The summed E-state index contributed by atoms with van der Waals surface area (Å²) in [5.74, 6) is 0.243. The SMILES string of the molecule is CN(C)Cc1cn(-c2cccc(-c3noc4c3C(=O)N(CC(=O)N3CCOCC3)CC4)c2)nn1. The first-order valence-electron chi connectivity index (χ1n) is 11.3. The highest BCUT2D eigenvalue weighted by Gasteiger charge is 2.34. The lowest BCUT2D eigenvalue weighted by atomic mass is 10.00. The molecular weight excluding hydrogens is 438 g/mol. The normalized spacial score (nSPS) is 16.3. The van der Waals surface area contributed by atoms with E-state index in [0.29, 0.717) is 62.8 Å². The molecule has 2 aliphatic heterocycles. The van der Waals surface area contributed by atoms with Crippen LogP contribution in [0.4, 0.5) is 0 Å². The molecule has 0 atom stereocenters. The third-order valence-corrected chi connectivity index (χ3v) is 5.97. The Morgan fingerprint density at radius 3 is 2.79 bits per heavy atom. The lowest BCUT2D eigenvalue weighted by molar-refractivity contribution is -0.136. The van der Waals surface area contributed by atoms with Gasteiger partial charge in [-0.05, 0) is 26.2 Å². The number of nitrogens with zero attached hydrogens (tertiary/aromatic N) is 7. The fourth-order valence-electron chi connectivity index (χ4n) is 4.25. The van der Waals surface area contributed by atoms with Crippen molar-refractivity contribution in [1.82, 2.24) is 34.9 Å². The Balaban J connectivity index is 1.37. The van der Waals surface area contributed by atoms with Crippen molar-refractivity contribution in [2.24, 2.45) is 0 Å². The van der Waals surface area contributed by atoms with E-state index in [-0.39, 0.29) is 18.4 Å². The molecule has 11 heteroatoms. The van der Waals surface area contributed by atoms with Crippen LogP contribution in [0.1, 0.15) is 21.8 Å². The summed E-state index contributed by atoms with van der Waals surface area (Å²) in [5.41, 5.74) is 3.28. The van der Waals surface area contributed by atoms with Crippen molar-refractivity contribution in [2.45, 2.75) is 13.0 Å². The highest BCUT2D eigenvalue weighted by Crippen LogP contribution is 2.31. The topological polar surface area (TPSA) is 110 Å². The molecule has 2 aromatic heterocycles. The molecule has 1 saturated heterocycles. The minimum absolute atomic E-state index is 0.0382. The summed E-state index contributed by atoms with van der Waals surface area (Å²) in [6.07, 6.45) is 2.39. The van der Waals surface area contributed by atoms with Crippen LogP contribution in [0.25, 0.3) is 16.9 Å². The van der Waals surface area contributed by atoms with Crippen LogP contribution in [0.3, 0.4) is 0 Å². The average Bonchev–Trinajstić information content (AvgIpc) is 3.49. The van der Waals surface area contributed by atoms with Crippen molar-refractivity contribution in [3.63, 3.8) is 0 Å². The van der Waals surface area contributed by atoms with Crippen molar-refractivity contribution in [1.29, 1.82) is 0 Å². The second kappa shape index (κ2) is 9.35. The van der Waals surface area contributed by atoms with E-state index in [1.54, 1.807) is 14.5 Å². The van der Waals surface area contributed by atoms with E-state index in [4.69, 9.17) is 9.26 Å². The molecule has 3 aromatic rings. The van der Waals surface area contributed by atoms with Gasteiger partial charge in [0.1, 0.15) is 17.8 Å². The number of morpholine rings is 1. The molecule has 2 aliphatic rings. The number of aromatic nitrogens is 4. The van der Waals surface area contributed by atoms with Gasteiger partial charge in [-0.25, -0.2) is 4.68 Å². The number of carbonyl (C=O) groups excluding carboxylic acids is 2. The Hall–Kier alpha value is -3.57. The van der Waals surface area contributed by atoms with Crippen LogP contribution < -0.4 is 0 Å². The van der Waals surface area contributed by atoms with Crippen LogP contribution >= 0.6 is 0 Å². The van der Waals surface area contributed by atoms with Crippen LogP contribution in [0, 0.1) is 0 Å². The van der Waals surface area contributed by atoms with Gasteiger partial charge in [-0.3, -0.25) is 9.59 Å². The third kappa shape index (κ3) is 4.44. The van der Waals surface area contributed by atoms with Gasteiger partial charge in [0.15, 0.2) is 5.76 Å². The number of hydrogen-bond acceptors (Lipinski definition) is 8. The number of hydrogen-bond donors (Lipinski definition) is 0. The van der Waals surface area contributed by atoms with Crippen molar-refractivity contribution >= 4 is 11.8 Å². The van der Waals surface area contributed by atoms with Gasteiger partial charge in [0, 0.05) is 38.2 Å². The van der Waals surface area contributed by atoms with E-state index in [1.165, 1.54) is 0 Å². The Bertz CT molecular complexity index is 1200. The first-order valence-corrected chi connectivity index (χ1v) is 11.3. The van der Waals surface area contributed by atoms with Gasteiger partial charge >= 0.3 is 0 Å². The molecule has 0 aliphatic carbocycles. The largest absolute Gasteiger partial charge is 0.378 e. The minimum atomic E-state index is -0.237. The molecular formula is C23H27N7O4. The zero-order valence-electron chi connectivity index (χ0n) is 19.3. The van der Waals surface area contributed by atoms with Gasteiger partial charge < -0.3 is 24.0 Å². The number of carbonyl (C=O) groups is 2. The monoisotopic (exact) mass is 465 g/mol. The van der Waals surface area contributed by atoms with E-state index in [9.17, 15) is 9.59 Å². The number of rotatable bonds is 6. The number of benzene rings is 1. The van der Waals surface area contributed by atoms with Gasteiger partial charge in [0.25, 0.3) is 5.91 Å². The van der Waals surface area contributed by atoms with E-state index in [0.717, 1.165) is 16.9 Å². The minimum Gasteiger partial charge on any atom is -0.378 e. The first kappa shape index (κ1) is 22.2. The lowest BCUT2D eigenvalue weighted by Crippen LogP contribution is -2.48. The molecule has 0 spiro atoms. The fraction of sp³-hybridized carbons (Fsp3) is 0.435. The highest BCUT2D eigenvalue weighted by molar-refractivity contribution is 6.03. The highest BCUT2D eigenvalue weighted by atomic mass is 16.5. The van der Waals surface area contributed by atoms with E-state index >= 15 is 0 Å². The van der Waals surface area contributed by atoms with Gasteiger partial charge in [-0.15, -0.1) is 5.10 Å². The molecule has 0 saturated carbocycles. The Labute approximate surface area is 196 Å². The number of fused-ring (bicyclic) bond motifs is 1. The number of amides is 2. The Kier molecular flexibility index (Phi) is 6.12. The molecule has 2 amide bonds. The Morgan fingerprint density at radius 2 is 2.00 bits per heavy atom. The van der Waals surface area contributed by atoms with Crippen molar-refractivity contribution in [3.05, 3.63) is 47.5 Å². The second-order valence-corrected chi connectivity index (χ2v) is 8.74. The Morgan fingerprint density at radius 1 is 1.18 bits per heavy atom. The fourth-order valence-corrected chi connectivity index (χ4v) is 4.25. The van der Waals surface area contributed by atoms with Gasteiger partial charge in [-0.2, -0.15) is 0 Å². The molecule has 0 bridgehead atoms. The zero-order valence-corrected chi connectivity index (χ0v) is 19.3. The second-order valence-electron chi connectivity index (χ2n) is 8.74. The van der Waals surface area contributed by atoms with E-state index in [2.05, 4.69) is 15.5 Å². The summed E-state index contributed by atoms with van der Waals surface area (Å²) in [5, 5.41) is 12.7. The van der Waals surface area contributed by atoms with Gasteiger partial charge in [0.05, 0.1) is 30.8 Å². The predicted molar refractivity (Wildman–Crippen MR) is 121 cm³/mol. The summed E-state index contributed by atoms with van der Waals surface area (Å²) in [7, 11) is 3.95. The van der Waals surface area contributed by atoms with Gasteiger partial charge in [0.2, 0.25) is 5.91 Å².